The molecule has 4 bridgehead atoms. The first-order valence-electron chi connectivity index (χ1n) is 9.13. The molecule has 4 heteroatoms. The average molecular weight is 326 g/mol. The van der Waals surface area contributed by atoms with Crippen molar-refractivity contribution in [3.05, 3.63) is 35.9 Å². The number of hydrogen-bond acceptors (Lipinski definition) is 3. The highest BCUT2D eigenvalue weighted by molar-refractivity contribution is 5.90. The van der Waals surface area contributed by atoms with Crippen LogP contribution in [0.5, 0.6) is 0 Å². The van der Waals surface area contributed by atoms with Crippen LogP contribution in [0.3, 0.4) is 0 Å². The number of benzene rings is 1. The van der Waals surface area contributed by atoms with Gasteiger partial charge in [0.1, 0.15) is 0 Å². The molecule has 1 unspecified atom stereocenters. The van der Waals surface area contributed by atoms with Gasteiger partial charge in [-0.25, -0.2) is 5.43 Å². The molecule has 1 atom stereocenters. The van der Waals surface area contributed by atoms with Crippen molar-refractivity contribution in [2.24, 2.45) is 28.3 Å². The average Bonchev–Trinajstić information content (AvgIpc) is 2.58. The van der Waals surface area contributed by atoms with Crippen LogP contribution in [0.4, 0.5) is 0 Å². The van der Waals surface area contributed by atoms with E-state index >= 15 is 0 Å². The number of hydrazone groups is 1. The molecule has 4 fully saturated rings. The number of carbonyl (C=O) groups excluding carboxylic acids is 1. The molecule has 5 rings (SSSR count). The van der Waals surface area contributed by atoms with Gasteiger partial charge in [-0.2, -0.15) is 5.10 Å². The van der Waals surface area contributed by atoms with Crippen LogP contribution in [0.15, 0.2) is 35.4 Å². The molecule has 0 radical (unpaired) electrons. The van der Waals surface area contributed by atoms with Gasteiger partial charge in [0, 0.05) is 11.1 Å². The molecule has 4 nitrogen and oxygen atoms in total. The van der Waals surface area contributed by atoms with Gasteiger partial charge in [0.25, 0.3) is 5.91 Å². The Kier molecular flexibility index (Phi) is 3.95. The smallest absolute Gasteiger partial charge is 0.273 e. The van der Waals surface area contributed by atoms with E-state index in [0.717, 1.165) is 23.5 Å². The van der Waals surface area contributed by atoms with Gasteiger partial charge in [0.05, 0.1) is 0 Å². The fraction of sp³-hybridized carbons (Fsp3) is 0.600. The third kappa shape index (κ3) is 2.77. The van der Waals surface area contributed by atoms with Gasteiger partial charge in [-0.15, -0.1) is 0 Å². The Morgan fingerprint density at radius 3 is 2.21 bits per heavy atom. The number of hydrogen-bond donors (Lipinski definition) is 2. The predicted molar refractivity (Wildman–Crippen MR) is 93.3 cm³/mol. The van der Waals surface area contributed by atoms with Crippen LogP contribution in [0.2, 0.25) is 0 Å². The van der Waals surface area contributed by atoms with Crippen LogP contribution in [-0.2, 0) is 4.79 Å². The minimum Gasteiger partial charge on any atom is -0.378 e. The third-order valence-corrected chi connectivity index (χ3v) is 6.50. The number of carbonyl (C=O) groups is 1. The van der Waals surface area contributed by atoms with E-state index in [-0.39, 0.29) is 5.41 Å². The Bertz CT molecular complexity index is 618. The third-order valence-electron chi connectivity index (χ3n) is 6.50. The van der Waals surface area contributed by atoms with E-state index in [4.69, 9.17) is 0 Å². The molecule has 1 aromatic carbocycles. The molecule has 1 amide bonds. The monoisotopic (exact) mass is 326 g/mol. The van der Waals surface area contributed by atoms with E-state index in [1.165, 1.54) is 38.5 Å². The SMILES string of the molecule is CC(=NNC(=O)C(O)c1ccccc1)C12CC3CC(CC(C3)C1)C2. The minimum absolute atomic E-state index is 0.194. The summed E-state index contributed by atoms with van der Waals surface area (Å²) in [6.07, 6.45) is 6.70. The summed E-state index contributed by atoms with van der Waals surface area (Å²) in [7, 11) is 0. The maximum atomic E-state index is 12.2. The first-order chi connectivity index (χ1) is 11.6. The number of nitrogens with zero attached hydrogens (tertiary/aromatic N) is 1. The molecule has 2 N–H and O–H groups in total. The van der Waals surface area contributed by atoms with E-state index in [9.17, 15) is 9.90 Å². The number of aliphatic hydroxyl groups is 1. The molecule has 4 aliphatic carbocycles. The van der Waals surface area contributed by atoms with Crippen molar-refractivity contribution in [3.63, 3.8) is 0 Å². The molecule has 0 spiro atoms. The van der Waals surface area contributed by atoms with Crippen molar-refractivity contribution < 1.29 is 9.90 Å². The van der Waals surface area contributed by atoms with Crippen molar-refractivity contribution >= 4 is 11.6 Å². The second kappa shape index (κ2) is 5.99. The number of aliphatic hydroxyl groups excluding tert-OH is 1. The van der Waals surface area contributed by atoms with Gasteiger partial charge in [-0.3, -0.25) is 4.79 Å². The van der Waals surface area contributed by atoms with Crippen molar-refractivity contribution in [1.29, 1.82) is 0 Å². The van der Waals surface area contributed by atoms with Crippen molar-refractivity contribution in [3.8, 4) is 0 Å². The zero-order valence-electron chi connectivity index (χ0n) is 14.2. The van der Waals surface area contributed by atoms with Crippen LogP contribution >= 0.6 is 0 Å². The minimum atomic E-state index is -1.17. The molecule has 0 aromatic heterocycles. The lowest BCUT2D eigenvalue weighted by atomic mass is 9.48. The largest absolute Gasteiger partial charge is 0.378 e. The number of nitrogens with one attached hydrogen (secondary N) is 1. The van der Waals surface area contributed by atoms with Gasteiger partial charge >= 0.3 is 0 Å². The number of rotatable bonds is 4. The first kappa shape index (κ1) is 15.8. The maximum Gasteiger partial charge on any atom is 0.273 e. The summed E-state index contributed by atoms with van der Waals surface area (Å²) in [4.78, 5) is 12.2. The normalized spacial score (nSPS) is 35.8. The Labute approximate surface area is 143 Å². The molecule has 128 valence electrons. The highest BCUT2D eigenvalue weighted by atomic mass is 16.3. The van der Waals surface area contributed by atoms with Gasteiger partial charge in [-0.1, -0.05) is 30.3 Å². The highest BCUT2D eigenvalue weighted by Crippen LogP contribution is 2.60. The summed E-state index contributed by atoms with van der Waals surface area (Å²) in [6.45, 7) is 2.06. The van der Waals surface area contributed by atoms with Crippen LogP contribution in [-0.4, -0.2) is 16.7 Å². The molecule has 1 aromatic rings. The van der Waals surface area contributed by atoms with Crippen molar-refractivity contribution in [2.45, 2.75) is 51.6 Å². The highest BCUT2D eigenvalue weighted by Gasteiger charge is 2.52. The molecular formula is C20H26N2O2. The van der Waals surface area contributed by atoms with E-state index < -0.39 is 12.0 Å². The van der Waals surface area contributed by atoms with Gasteiger partial charge in [-0.05, 0) is 68.8 Å². The van der Waals surface area contributed by atoms with Gasteiger partial charge < -0.3 is 5.11 Å². The Morgan fingerprint density at radius 1 is 1.12 bits per heavy atom. The maximum absolute atomic E-state index is 12.2. The molecule has 24 heavy (non-hydrogen) atoms. The predicted octanol–water partition coefficient (Wildman–Crippen LogP) is 3.43. The number of amides is 1. The van der Waals surface area contributed by atoms with Crippen LogP contribution in [0.25, 0.3) is 0 Å². The summed E-state index contributed by atoms with van der Waals surface area (Å²) in [5, 5.41) is 14.6. The fourth-order valence-electron chi connectivity index (χ4n) is 5.66. The first-order valence-corrected chi connectivity index (χ1v) is 9.13. The lowest BCUT2D eigenvalue weighted by molar-refractivity contribution is -0.129. The van der Waals surface area contributed by atoms with Crippen LogP contribution in [0.1, 0.15) is 57.1 Å². The molecule has 0 heterocycles. The van der Waals surface area contributed by atoms with E-state index in [2.05, 4.69) is 17.5 Å². The summed E-state index contributed by atoms with van der Waals surface area (Å²) in [6, 6.07) is 8.99. The zero-order valence-corrected chi connectivity index (χ0v) is 14.2. The molecule has 0 aliphatic heterocycles. The van der Waals surface area contributed by atoms with Gasteiger partial charge in [0.2, 0.25) is 0 Å². The Hall–Kier alpha value is -1.68. The van der Waals surface area contributed by atoms with Crippen LogP contribution < -0.4 is 5.43 Å². The zero-order chi connectivity index (χ0) is 16.7. The van der Waals surface area contributed by atoms with E-state index in [0.29, 0.717) is 5.56 Å². The lowest BCUT2D eigenvalue weighted by Gasteiger charge is -2.56. The van der Waals surface area contributed by atoms with E-state index in [1.54, 1.807) is 12.1 Å². The summed E-state index contributed by atoms with van der Waals surface area (Å²) < 4.78 is 0. The topological polar surface area (TPSA) is 61.7 Å². The molecular weight excluding hydrogens is 300 g/mol. The summed E-state index contributed by atoms with van der Waals surface area (Å²) >= 11 is 0. The fourth-order valence-corrected chi connectivity index (χ4v) is 5.66. The Morgan fingerprint density at radius 2 is 1.67 bits per heavy atom. The second-order valence-corrected chi connectivity index (χ2v) is 8.18. The van der Waals surface area contributed by atoms with Gasteiger partial charge in [0.15, 0.2) is 6.10 Å². The summed E-state index contributed by atoms with van der Waals surface area (Å²) in [5.74, 6) is 2.11. The molecule has 0 saturated heterocycles. The lowest BCUT2D eigenvalue weighted by Crippen LogP contribution is -2.49. The van der Waals surface area contributed by atoms with Crippen LogP contribution in [0, 0.1) is 23.2 Å². The standard InChI is InChI=1S/C20H26N2O2/c1-13(20-10-14-7-15(11-20)9-16(8-14)12-20)21-22-19(24)18(23)17-5-3-2-4-6-17/h2-6,14-16,18,23H,7-12H2,1H3,(H,22,24). The van der Waals surface area contributed by atoms with E-state index in [1.807, 2.05) is 18.2 Å². The second-order valence-electron chi connectivity index (χ2n) is 8.18. The summed E-state index contributed by atoms with van der Waals surface area (Å²) in [5.41, 5.74) is 4.45. The quantitative estimate of drug-likeness (QED) is 0.658. The van der Waals surface area contributed by atoms with Crippen molar-refractivity contribution in [1.82, 2.24) is 5.43 Å². The molecule has 4 aliphatic rings. The van der Waals surface area contributed by atoms with Crippen molar-refractivity contribution in [2.75, 3.05) is 0 Å². The Balaban J connectivity index is 1.45. The molecule has 4 saturated carbocycles.